The molecule has 0 heterocycles. The van der Waals surface area contributed by atoms with Crippen LogP contribution in [0.25, 0.3) is 0 Å². The van der Waals surface area contributed by atoms with Crippen LogP contribution in [0.15, 0.2) is 0 Å². The Labute approximate surface area is 191 Å². The molecule has 2 unspecified atom stereocenters. The number of carboxylic acid groups (broad SMARTS) is 1. The van der Waals surface area contributed by atoms with Crippen molar-refractivity contribution in [3.63, 3.8) is 0 Å². The summed E-state index contributed by atoms with van der Waals surface area (Å²) in [4.78, 5) is 20.3. The third-order valence-corrected chi connectivity index (χ3v) is 4.10. The van der Waals surface area contributed by atoms with E-state index in [4.69, 9.17) is 20.5 Å². The Balaban J connectivity index is -0.000000442. The average molecular weight is 475 g/mol. The molecule has 8 nitrogen and oxygen atoms in total. The van der Waals surface area contributed by atoms with E-state index in [-0.39, 0.29) is 16.9 Å². The lowest BCUT2D eigenvalue weighted by molar-refractivity contribution is -0.192. The molecule has 0 saturated heterocycles. The number of nitrogens with two attached hydrogens (primary N) is 1. The number of alkyl halides is 3. The summed E-state index contributed by atoms with van der Waals surface area (Å²) < 4.78 is 36.9. The first-order valence-electron chi connectivity index (χ1n) is 10.5. The number of carbonyl (C=O) groups excluding carboxylic acids is 1. The fraction of sp³-hybridized carbons (Fsp3) is 0.905. The van der Waals surface area contributed by atoms with Crippen molar-refractivity contribution in [3.05, 3.63) is 0 Å². The zero-order chi connectivity index (χ0) is 26.6. The van der Waals surface area contributed by atoms with Crippen LogP contribution >= 0.6 is 0 Å². The molecule has 1 amide bonds. The minimum atomic E-state index is -5.08. The van der Waals surface area contributed by atoms with E-state index in [1.807, 2.05) is 20.8 Å². The van der Waals surface area contributed by atoms with Crippen LogP contribution in [0.1, 0.15) is 89.0 Å². The van der Waals surface area contributed by atoms with Crippen LogP contribution in [-0.4, -0.2) is 41.0 Å². The van der Waals surface area contributed by atoms with Gasteiger partial charge in [-0.25, -0.2) is 15.0 Å². The monoisotopic (exact) mass is 474 g/mol. The Morgan fingerprint density at radius 2 is 1.22 bits per heavy atom. The maximum Gasteiger partial charge on any atom is 0.490 e. The summed E-state index contributed by atoms with van der Waals surface area (Å²) in [6.45, 7) is 22.7. The SMILES string of the molecule is CCC(NN)C(C)(C)C.CCC(NNC(=O)OC(C)(C)C)C(C)(C)C.O=C(O)C(F)(F)F. The molecule has 0 bridgehead atoms. The van der Waals surface area contributed by atoms with Gasteiger partial charge in [0.05, 0.1) is 0 Å². The lowest BCUT2D eigenvalue weighted by atomic mass is 9.86. The molecule has 0 rings (SSSR count). The second-order valence-corrected chi connectivity index (χ2v) is 10.4. The number of carboxylic acids is 1. The summed E-state index contributed by atoms with van der Waals surface area (Å²) in [6, 6.07) is 0.650. The number of aliphatic carboxylic acids is 1. The molecule has 0 spiro atoms. The predicted octanol–water partition coefficient (Wildman–Crippen LogP) is 4.75. The molecule has 0 saturated carbocycles. The fourth-order valence-corrected chi connectivity index (χ4v) is 2.36. The highest BCUT2D eigenvalue weighted by Gasteiger charge is 2.38. The third-order valence-electron chi connectivity index (χ3n) is 4.10. The number of ether oxygens (including phenoxy) is 1. The van der Waals surface area contributed by atoms with Gasteiger partial charge in [0.1, 0.15) is 5.60 Å². The summed E-state index contributed by atoms with van der Waals surface area (Å²) in [7, 11) is 0. The van der Waals surface area contributed by atoms with Gasteiger partial charge in [0, 0.05) is 12.1 Å². The van der Waals surface area contributed by atoms with E-state index < -0.39 is 23.8 Å². The Morgan fingerprint density at radius 3 is 1.38 bits per heavy atom. The first-order valence-corrected chi connectivity index (χ1v) is 10.5. The molecule has 2 atom stereocenters. The molecule has 0 aliphatic heterocycles. The van der Waals surface area contributed by atoms with E-state index in [9.17, 15) is 18.0 Å². The van der Waals surface area contributed by atoms with Crippen molar-refractivity contribution in [2.24, 2.45) is 16.7 Å². The predicted molar refractivity (Wildman–Crippen MR) is 121 cm³/mol. The molecule has 11 heteroatoms. The number of nitrogens with one attached hydrogen (secondary N) is 3. The number of amides is 1. The molecule has 0 aliphatic carbocycles. The van der Waals surface area contributed by atoms with Crippen molar-refractivity contribution in [1.29, 1.82) is 0 Å². The van der Waals surface area contributed by atoms with Gasteiger partial charge in [0.15, 0.2) is 0 Å². The lowest BCUT2D eigenvalue weighted by Gasteiger charge is -2.31. The maximum absolute atomic E-state index is 11.4. The number of hydrogen-bond donors (Lipinski definition) is 5. The van der Waals surface area contributed by atoms with Gasteiger partial charge >= 0.3 is 18.2 Å². The lowest BCUT2D eigenvalue weighted by Crippen LogP contribution is -2.50. The van der Waals surface area contributed by atoms with Gasteiger partial charge in [-0.15, -0.1) is 0 Å². The summed E-state index contributed by atoms with van der Waals surface area (Å²) in [5.41, 5.74) is 8.30. The molecular formula is C21H45F3N4O4. The number of carbonyl (C=O) groups is 2. The molecule has 0 aromatic carbocycles. The van der Waals surface area contributed by atoms with Gasteiger partial charge in [0.25, 0.3) is 0 Å². The topological polar surface area (TPSA) is 126 Å². The van der Waals surface area contributed by atoms with E-state index in [0.29, 0.717) is 6.04 Å². The number of hydrogen-bond acceptors (Lipinski definition) is 6. The Bertz CT molecular complexity index is 533. The highest BCUT2D eigenvalue weighted by atomic mass is 19.4. The van der Waals surface area contributed by atoms with Crippen LogP contribution in [0.4, 0.5) is 18.0 Å². The number of hydrazine groups is 2. The quantitative estimate of drug-likeness (QED) is 0.288. The smallest absolute Gasteiger partial charge is 0.475 e. The van der Waals surface area contributed by atoms with Gasteiger partial charge in [-0.1, -0.05) is 55.4 Å². The van der Waals surface area contributed by atoms with Gasteiger partial charge in [-0.2, -0.15) is 13.2 Å². The first-order chi connectivity index (χ1) is 14.0. The van der Waals surface area contributed by atoms with E-state index in [2.05, 4.69) is 71.7 Å². The standard InChI is InChI=1S/C12H26N2O2.C7H18N2.C2HF3O2/c1-8-9(11(2,3)4)13-14-10(15)16-12(5,6)7;1-5-6(9-8)7(2,3)4;3-2(4,5)1(6)7/h9,13H,8H2,1-7H3,(H,14,15);6,9H,5,8H2,1-4H3;(H,6,7). The van der Waals surface area contributed by atoms with Crippen molar-refractivity contribution >= 4 is 12.1 Å². The maximum atomic E-state index is 11.4. The zero-order valence-corrected chi connectivity index (χ0v) is 21.5. The van der Waals surface area contributed by atoms with Crippen molar-refractivity contribution in [3.8, 4) is 0 Å². The van der Waals surface area contributed by atoms with E-state index in [0.717, 1.165) is 12.8 Å². The highest BCUT2D eigenvalue weighted by Crippen LogP contribution is 2.21. The molecule has 0 fully saturated rings. The molecule has 0 aromatic heterocycles. The van der Waals surface area contributed by atoms with Crippen LogP contribution < -0.4 is 22.1 Å². The van der Waals surface area contributed by atoms with E-state index in [1.54, 1.807) is 0 Å². The molecule has 32 heavy (non-hydrogen) atoms. The van der Waals surface area contributed by atoms with Gasteiger partial charge in [-0.3, -0.25) is 16.7 Å². The minimum absolute atomic E-state index is 0.101. The van der Waals surface area contributed by atoms with Crippen LogP contribution in [0.3, 0.4) is 0 Å². The fourth-order valence-electron chi connectivity index (χ4n) is 2.36. The van der Waals surface area contributed by atoms with Crippen LogP contribution in [-0.2, 0) is 9.53 Å². The van der Waals surface area contributed by atoms with E-state index >= 15 is 0 Å². The molecule has 0 aliphatic rings. The first kappa shape index (κ1) is 35.0. The number of rotatable bonds is 5. The molecular weight excluding hydrogens is 429 g/mol. The van der Waals surface area contributed by atoms with Crippen LogP contribution in [0.5, 0.6) is 0 Å². The van der Waals surface area contributed by atoms with Crippen LogP contribution in [0.2, 0.25) is 0 Å². The Morgan fingerprint density at radius 1 is 0.875 bits per heavy atom. The summed E-state index contributed by atoms with van der Waals surface area (Å²) in [6.07, 6.45) is -3.49. The van der Waals surface area contributed by atoms with Gasteiger partial charge in [-0.05, 0) is 44.4 Å². The Hall–Kier alpha value is -1.59. The molecule has 0 radical (unpaired) electrons. The minimum Gasteiger partial charge on any atom is -0.475 e. The molecule has 6 N–H and O–H groups in total. The molecule has 194 valence electrons. The van der Waals surface area contributed by atoms with Crippen molar-refractivity contribution < 1.29 is 32.6 Å². The summed E-state index contributed by atoms with van der Waals surface area (Å²) in [5, 5.41) is 7.12. The normalized spacial score (nSPS) is 14.1. The van der Waals surface area contributed by atoms with E-state index in [1.165, 1.54) is 0 Å². The van der Waals surface area contributed by atoms with Crippen molar-refractivity contribution in [1.82, 2.24) is 16.3 Å². The second kappa shape index (κ2) is 14.5. The van der Waals surface area contributed by atoms with Gasteiger partial charge in [0.2, 0.25) is 0 Å². The highest BCUT2D eigenvalue weighted by molar-refractivity contribution is 5.73. The summed E-state index contributed by atoms with van der Waals surface area (Å²) >= 11 is 0. The third kappa shape index (κ3) is 20.3. The molecule has 0 aromatic rings. The average Bonchev–Trinajstić information content (AvgIpc) is 2.52. The number of halogens is 3. The van der Waals surface area contributed by atoms with Gasteiger partial charge < -0.3 is 9.84 Å². The van der Waals surface area contributed by atoms with Crippen LogP contribution in [0, 0.1) is 10.8 Å². The zero-order valence-electron chi connectivity index (χ0n) is 21.5. The largest absolute Gasteiger partial charge is 0.490 e. The van der Waals surface area contributed by atoms with Crippen molar-refractivity contribution in [2.75, 3.05) is 0 Å². The Kier molecular flexibility index (Phi) is 15.9. The van der Waals surface area contributed by atoms with Crippen molar-refractivity contribution in [2.45, 2.75) is 113 Å². The second-order valence-electron chi connectivity index (χ2n) is 10.4. The summed E-state index contributed by atoms with van der Waals surface area (Å²) in [5.74, 6) is 2.56.